The van der Waals surface area contributed by atoms with Crippen LogP contribution in [0, 0.1) is 5.92 Å². The van der Waals surface area contributed by atoms with Crippen LogP contribution in [0.3, 0.4) is 0 Å². The van der Waals surface area contributed by atoms with Crippen molar-refractivity contribution in [2.45, 2.75) is 6.42 Å². The molecule has 2 aromatic rings. The molecule has 1 fully saturated rings. The fourth-order valence-corrected chi connectivity index (χ4v) is 3.12. The van der Waals surface area contributed by atoms with Crippen LogP contribution in [0.15, 0.2) is 48.5 Å². The molecule has 0 aromatic heterocycles. The molecule has 1 atom stereocenters. The van der Waals surface area contributed by atoms with Crippen molar-refractivity contribution in [2.24, 2.45) is 5.92 Å². The van der Waals surface area contributed by atoms with Gasteiger partial charge in [0, 0.05) is 44.1 Å². The summed E-state index contributed by atoms with van der Waals surface area (Å²) < 4.78 is 4.67. The predicted octanol–water partition coefficient (Wildman–Crippen LogP) is 2.53. The van der Waals surface area contributed by atoms with Crippen LogP contribution in [0.1, 0.15) is 16.8 Å². The van der Waals surface area contributed by atoms with E-state index >= 15 is 0 Å². The number of hydrogen-bond acceptors (Lipinski definition) is 5. The van der Waals surface area contributed by atoms with Crippen molar-refractivity contribution in [3.63, 3.8) is 0 Å². The van der Waals surface area contributed by atoms with Gasteiger partial charge < -0.3 is 19.9 Å². The maximum absolute atomic E-state index is 12.6. The van der Waals surface area contributed by atoms with E-state index in [1.54, 1.807) is 29.2 Å². The van der Waals surface area contributed by atoms with Gasteiger partial charge in [-0.1, -0.05) is 0 Å². The van der Waals surface area contributed by atoms with Crippen molar-refractivity contribution in [3.8, 4) is 0 Å². The van der Waals surface area contributed by atoms with Gasteiger partial charge in [-0.25, -0.2) is 4.79 Å². The Morgan fingerprint density at radius 3 is 2.29 bits per heavy atom. The van der Waals surface area contributed by atoms with Crippen molar-refractivity contribution in [1.29, 1.82) is 0 Å². The van der Waals surface area contributed by atoms with Gasteiger partial charge in [-0.05, 0) is 48.5 Å². The van der Waals surface area contributed by atoms with Gasteiger partial charge >= 0.3 is 5.97 Å². The lowest BCUT2D eigenvalue weighted by atomic mass is 10.1. The highest BCUT2D eigenvalue weighted by Gasteiger charge is 2.35. The monoisotopic (exact) mass is 381 g/mol. The molecule has 2 aromatic carbocycles. The van der Waals surface area contributed by atoms with Crippen molar-refractivity contribution in [2.75, 3.05) is 42.9 Å². The first-order valence-corrected chi connectivity index (χ1v) is 8.96. The zero-order chi connectivity index (χ0) is 20.3. The second-order valence-corrected chi connectivity index (χ2v) is 6.87. The molecule has 0 radical (unpaired) electrons. The Kier molecular flexibility index (Phi) is 5.63. The summed E-state index contributed by atoms with van der Waals surface area (Å²) in [7, 11) is 5.21. The highest BCUT2D eigenvalue weighted by atomic mass is 16.5. The van der Waals surface area contributed by atoms with Crippen LogP contribution in [0.4, 0.5) is 17.1 Å². The van der Waals surface area contributed by atoms with Crippen molar-refractivity contribution in [3.05, 3.63) is 54.1 Å². The molecule has 1 saturated heterocycles. The molecular weight excluding hydrogens is 358 g/mol. The van der Waals surface area contributed by atoms with Crippen LogP contribution < -0.4 is 15.1 Å². The molecule has 146 valence electrons. The minimum Gasteiger partial charge on any atom is -0.465 e. The molecule has 7 heteroatoms. The van der Waals surface area contributed by atoms with E-state index in [1.165, 1.54) is 7.11 Å². The molecule has 7 nitrogen and oxygen atoms in total. The maximum Gasteiger partial charge on any atom is 0.337 e. The third-order valence-corrected chi connectivity index (χ3v) is 4.75. The third-order valence-electron chi connectivity index (χ3n) is 4.75. The van der Waals surface area contributed by atoms with E-state index in [-0.39, 0.29) is 18.2 Å². The van der Waals surface area contributed by atoms with E-state index in [2.05, 4.69) is 10.1 Å². The second-order valence-electron chi connectivity index (χ2n) is 6.87. The van der Waals surface area contributed by atoms with E-state index in [4.69, 9.17) is 0 Å². The van der Waals surface area contributed by atoms with E-state index < -0.39 is 11.9 Å². The number of nitrogens with one attached hydrogen (secondary N) is 1. The predicted molar refractivity (Wildman–Crippen MR) is 108 cm³/mol. The SMILES string of the molecule is COC(=O)c1ccc(N2CC(C(=O)Nc3ccc(N(C)C)cc3)CC2=O)cc1. The number of benzene rings is 2. The van der Waals surface area contributed by atoms with Crippen LogP contribution >= 0.6 is 0 Å². The topological polar surface area (TPSA) is 79.0 Å². The molecule has 0 bridgehead atoms. The number of methoxy groups -OCH3 is 1. The molecule has 0 aliphatic carbocycles. The minimum absolute atomic E-state index is 0.117. The minimum atomic E-state index is -0.433. The highest BCUT2D eigenvalue weighted by molar-refractivity contribution is 6.03. The summed E-state index contributed by atoms with van der Waals surface area (Å²) in [5.41, 5.74) is 2.80. The van der Waals surface area contributed by atoms with Crippen LogP contribution in [-0.2, 0) is 14.3 Å². The van der Waals surface area contributed by atoms with Crippen LogP contribution in [0.2, 0.25) is 0 Å². The van der Waals surface area contributed by atoms with Crippen molar-refractivity contribution >= 4 is 34.8 Å². The summed E-state index contributed by atoms with van der Waals surface area (Å²) in [4.78, 5) is 40.0. The Morgan fingerprint density at radius 2 is 1.71 bits per heavy atom. The molecule has 2 amide bonds. The van der Waals surface area contributed by atoms with Gasteiger partial charge in [-0.15, -0.1) is 0 Å². The molecule has 3 rings (SSSR count). The molecule has 1 unspecified atom stereocenters. The first-order valence-electron chi connectivity index (χ1n) is 8.96. The second kappa shape index (κ2) is 8.12. The first-order chi connectivity index (χ1) is 13.4. The first kappa shape index (κ1) is 19.4. The van der Waals surface area contributed by atoms with Crippen molar-refractivity contribution in [1.82, 2.24) is 0 Å². The number of rotatable bonds is 5. The number of carbonyl (C=O) groups excluding carboxylic acids is 3. The normalized spacial score (nSPS) is 16.0. The average Bonchev–Trinajstić information content (AvgIpc) is 3.09. The molecule has 1 heterocycles. The Labute approximate surface area is 163 Å². The fraction of sp³-hybridized carbons (Fsp3) is 0.286. The fourth-order valence-electron chi connectivity index (χ4n) is 3.12. The van der Waals surface area contributed by atoms with Gasteiger partial charge in [-0.2, -0.15) is 0 Å². The number of nitrogens with zero attached hydrogens (tertiary/aromatic N) is 2. The Hall–Kier alpha value is -3.35. The summed E-state index contributed by atoms with van der Waals surface area (Å²) >= 11 is 0. The number of carbonyl (C=O) groups is 3. The Bertz CT molecular complexity index is 876. The summed E-state index contributed by atoms with van der Waals surface area (Å²) in [5.74, 6) is -1.16. The van der Waals surface area contributed by atoms with E-state index in [0.717, 1.165) is 5.69 Å². The quantitative estimate of drug-likeness (QED) is 0.805. The van der Waals surface area contributed by atoms with Crippen LogP contribution in [-0.4, -0.2) is 45.5 Å². The van der Waals surface area contributed by atoms with Crippen LogP contribution in [0.5, 0.6) is 0 Å². The van der Waals surface area contributed by atoms with Gasteiger partial charge in [0.1, 0.15) is 0 Å². The van der Waals surface area contributed by atoms with Gasteiger partial charge in [-0.3, -0.25) is 9.59 Å². The third kappa shape index (κ3) is 4.14. The lowest BCUT2D eigenvalue weighted by molar-refractivity contribution is -0.122. The van der Waals surface area contributed by atoms with E-state index in [1.807, 2.05) is 43.3 Å². The number of esters is 1. The number of hydrogen-bond donors (Lipinski definition) is 1. The molecule has 28 heavy (non-hydrogen) atoms. The Morgan fingerprint density at radius 1 is 1.07 bits per heavy atom. The summed E-state index contributed by atoms with van der Waals surface area (Å²) in [5, 5.41) is 2.88. The lowest BCUT2D eigenvalue weighted by Gasteiger charge is -2.17. The molecule has 1 aliphatic heterocycles. The lowest BCUT2D eigenvalue weighted by Crippen LogP contribution is -2.28. The summed E-state index contributed by atoms with van der Waals surface area (Å²) in [6, 6.07) is 14.1. The largest absolute Gasteiger partial charge is 0.465 e. The zero-order valence-electron chi connectivity index (χ0n) is 16.1. The van der Waals surface area contributed by atoms with Gasteiger partial charge in [0.2, 0.25) is 11.8 Å². The summed E-state index contributed by atoms with van der Waals surface area (Å²) in [6.45, 7) is 0.304. The molecule has 0 saturated carbocycles. The van der Waals surface area contributed by atoms with E-state index in [9.17, 15) is 14.4 Å². The standard InChI is InChI=1S/C21H23N3O4/c1-23(2)17-10-6-16(7-11-17)22-20(26)15-12-19(25)24(13-15)18-8-4-14(5-9-18)21(27)28-3/h4-11,15H,12-13H2,1-3H3,(H,22,26). The average molecular weight is 381 g/mol. The van der Waals surface area contributed by atoms with Gasteiger partial charge in [0.05, 0.1) is 18.6 Å². The molecule has 1 aliphatic rings. The molecule has 0 spiro atoms. The smallest absolute Gasteiger partial charge is 0.337 e. The van der Waals surface area contributed by atoms with Crippen LogP contribution in [0.25, 0.3) is 0 Å². The molecule has 1 N–H and O–H groups in total. The number of ether oxygens (including phenoxy) is 1. The highest BCUT2D eigenvalue weighted by Crippen LogP contribution is 2.27. The summed E-state index contributed by atoms with van der Waals surface area (Å²) in [6.07, 6.45) is 0.153. The zero-order valence-corrected chi connectivity index (χ0v) is 16.1. The van der Waals surface area contributed by atoms with Crippen molar-refractivity contribution < 1.29 is 19.1 Å². The van der Waals surface area contributed by atoms with E-state index in [0.29, 0.717) is 23.5 Å². The van der Waals surface area contributed by atoms with Gasteiger partial charge in [0.15, 0.2) is 0 Å². The number of amides is 2. The van der Waals surface area contributed by atoms with Gasteiger partial charge in [0.25, 0.3) is 0 Å². The Balaban J connectivity index is 1.64. The maximum atomic E-state index is 12.6. The molecular formula is C21H23N3O4. The number of anilines is 3.